The maximum atomic E-state index is 5.85. The Bertz CT molecular complexity index is 261. The highest BCUT2D eigenvalue weighted by Crippen LogP contribution is 2.22. The molecule has 1 fully saturated rings. The molecule has 0 amide bonds. The summed E-state index contributed by atoms with van der Waals surface area (Å²) >= 11 is 7.01. The highest BCUT2D eigenvalue weighted by molar-refractivity contribution is 6.99. The molecule has 0 radical (unpaired) electrons. The fraction of sp³-hybridized carbons (Fsp3) is 0.667. The Morgan fingerprint density at radius 2 is 2.00 bits per heavy atom. The average Bonchev–Trinajstić information content (AvgIpc) is 2.53. The molecule has 1 aromatic heterocycles. The summed E-state index contributed by atoms with van der Waals surface area (Å²) in [6, 6.07) is 0. The molecule has 1 aromatic rings. The van der Waals surface area contributed by atoms with Crippen LogP contribution >= 0.6 is 35.7 Å². The van der Waals surface area contributed by atoms with Gasteiger partial charge in [0.15, 0.2) is 11.0 Å². The van der Waals surface area contributed by atoms with Gasteiger partial charge in [-0.1, -0.05) is 11.6 Å². The van der Waals surface area contributed by atoms with Crippen LogP contribution in [0, 0.1) is 0 Å². The van der Waals surface area contributed by atoms with Crippen molar-refractivity contribution in [2.45, 2.75) is 0 Å². The maximum Gasteiger partial charge on any atom is 0.187 e. The predicted octanol–water partition coefficient (Wildman–Crippen LogP) is 1.02. The van der Waals surface area contributed by atoms with Gasteiger partial charge in [0.1, 0.15) is 0 Å². The second-order valence-electron chi connectivity index (χ2n) is 2.62. The minimum atomic E-state index is 0. The lowest BCUT2D eigenvalue weighted by molar-refractivity contribution is 0.586. The van der Waals surface area contributed by atoms with Gasteiger partial charge >= 0.3 is 0 Å². The van der Waals surface area contributed by atoms with Crippen LogP contribution in [-0.2, 0) is 0 Å². The van der Waals surface area contributed by atoms with E-state index in [1.807, 2.05) is 0 Å². The average molecular weight is 241 g/mol. The molecule has 0 saturated carbocycles. The van der Waals surface area contributed by atoms with E-state index < -0.39 is 0 Å². The van der Waals surface area contributed by atoms with E-state index in [0.717, 1.165) is 32.0 Å². The number of halogens is 2. The molecule has 0 spiro atoms. The van der Waals surface area contributed by atoms with Crippen LogP contribution < -0.4 is 10.2 Å². The van der Waals surface area contributed by atoms with Crippen LogP contribution in [0.5, 0.6) is 0 Å². The van der Waals surface area contributed by atoms with E-state index in [0.29, 0.717) is 5.15 Å². The molecular weight excluding hydrogens is 231 g/mol. The van der Waals surface area contributed by atoms with Crippen molar-refractivity contribution in [1.82, 2.24) is 14.1 Å². The number of hydrogen-bond acceptors (Lipinski definition) is 5. The Kier molecular flexibility index (Phi) is 4.18. The molecule has 1 N–H and O–H groups in total. The number of nitrogens with zero attached hydrogens (tertiary/aromatic N) is 3. The summed E-state index contributed by atoms with van der Waals surface area (Å²) in [5.41, 5.74) is 0. The monoisotopic (exact) mass is 240 g/mol. The molecule has 1 saturated heterocycles. The summed E-state index contributed by atoms with van der Waals surface area (Å²) in [7, 11) is 0. The summed E-state index contributed by atoms with van der Waals surface area (Å²) in [6.45, 7) is 3.91. The zero-order valence-corrected chi connectivity index (χ0v) is 9.25. The largest absolute Gasteiger partial charge is 0.351 e. The van der Waals surface area contributed by atoms with Gasteiger partial charge in [-0.15, -0.1) is 12.4 Å². The lowest BCUT2D eigenvalue weighted by Crippen LogP contribution is -2.43. The van der Waals surface area contributed by atoms with Crippen molar-refractivity contribution in [3.05, 3.63) is 5.15 Å². The molecule has 74 valence electrons. The summed E-state index contributed by atoms with van der Waals surface area (Å²) in [5, 5.41) is 3.80. The van der Waals surface area contributed by atoms with Crippen molar-refractivity contribution in [1.29, 1.82) is 0 Å². The van der Waals surface area contributed by atoms with Crippen LogP contribution in [0.3, 0.4) is 0 Å². The molecule has 0 aromatic carbocycles. The van der Waals surface area contributed by atoms with Gasteiger partial charge in [0, 0.05) is 26.2 Å². The Morgan fingerprint density at radius 3 is 2.54 bits per heavy atom. The second kappa shape index (κ2) is 4.95. The lowest BCUT2D eigenvalue weighted by Gasteiger charge is -2.26. The van der Waals surface area contributed by atoms with E-state index in [1.54, 1.807) is 0 Å². The molecule has 2 rings (SSSR count). The van der Waals surface area contributed by atoms with E-state index in [2.05, 4.69) is 19.0 Å². The van der Waals surface area contributed by atoms with E-state index >= 15 is 0 Å². The van der Waals surface area contributed by atoms with Gasteiger partial charge in [0.25, 0.3) is 0 Å². The number of nitrogens with one attached hydrogen (secondary N) is 1. The van der Waals surface area contributed by atoms with Crippen molar-refractivity contribution in [3.63, 3.8) is 0 Å². The van der Waals surface area contributed by atoms with Gasteiger partial charge < -0.3 is 10.2 Å². The summed E-state index contributed by atoms with van der Waals surface area (Å²) in [6.07, 6.45) is 0. The zero-order chi connectivity index (χ0) is 8.39. The van der Waals surface area contributed by atoms with Crippen molar-refractivity contribution in [2.75, 3.05) is 31.1 Å². The molecule has 13 heavy (non-hydrogen) atoms. The smallest absolute Gasteiger partial charge is 0.187 e. The van der Waals surface area contributed by atoms with E-state index in [-0.39, 0.29) is 12.4 Å². The van der Waals surface area contributed by atoms with E-state index in [9.17, 15) is 0 Å². The molecule has 0 atom stereocenters. The summed E-state index contributed by atoms with van der Waals surface area (Å²) < 4.78 is 8.06. The first-order valence-corrected chi connectivity index (χ1v) is 4.92. The number of hydrogen-bond donors (Lipinski definition) is 1. The van der Waals surface area contributed by atoms with Crippen LogP contribution in [-0.4, -0.2) is 34.9 Å². The zero-order valence-electron chi connectivity index (χ0n) is 6.86. The first kappa shape index (κ1) is 11.0. The van der Waals surface area contributed by atoms with Crippen LogP contribution in [0.4, 0.5) is 5.82 Å². The van der Waals surface area contributed by atoms with E-state index in [4.69, 9.17) is 11.6 Å². The second-order valence-corrected chi connectivity index (χ2v) is 3.50. The van der Waals surface area contributed by atoms with Crippen LogP contribution in [0.1, 0.15) is 0 Å². The SMILES string of the molecule is Cl.Clc1nsnc1N1CCNCC1. The summed E-state index contributed by atoms with van der Waals surface area (Å²) in [4.78, 5) is 2.16. The Balaban J connectivity index is 0.000000845. The van der Waals surface area contributed by atoms with Crippen molar-refractivity contribution in [3.8, 4) is 0 Å². The van der Waals surface area contributed by atoms with Gasteiger partial charge in [-0.05, 0) is 0 Å². The van der Waals surface area contributed by atoms with Crippen LogP contribution in [0.25, 0.3) is 0 Å². The van der Waals surface area contributed by atoms with Gasteiger partial charge in [-0.25, -0.2) is 0 Å². The standard InChI is InChI=1S/C6H9ClN4S.ClH/c7-5-6(10-12-9-5)11-3-1-8-2-4-11;/h8H,1-4H2;1H. The third kappa shape index (κ3) is 2.43. The Labute approximate surface area is 92.0 Å². The minimum absolute atomic E-state index is 0. The van der Waals surface area contributed by atoms with E-state index in [1.165, 1.54) is 11.7 Å². The van der Waals surface area contributed by atoms with Crippen LogP contribution in [0.15, 0.2) is 0 Å². The van der Waals surface area contributed by atoms with Gasteiger partial charge in [-0.3, -0.25) is 0 Å². The number of piperazine rings is 1. The third-order valence-corrected chi connectivity index (χ3v) is 2.72. The molecular formula is C6H10Cl2N4S. The topological polar surface area (TPSA) is 41.1 Å². The van der Waals surface area contributed by atoms with Gasteiger partial charge in [0.05, 0.1) is 11.7 Å². The Morgan fingerprint density at radius 1 is 1.31 bits per heavy atom. The molecule has 2 heterocycles. The summed E-state index contributed by atoms with van der Waals surface area (Å²) in [5.74, 6) is 0.836. The van der Waals surface area contributed by atoms with Crippen molar-refractivity contribution in [2.24, 2.45) is 0 Å². The first-order valence-electron chi connectivity index (χ1n) is 3.81. The molecule has 1 aliphatic rings. The number of anilines is 1. The molecule has 7 heteroatoms. The maximum absolute atomic E-state index is 5.85. The van der Waals surface area contributed by atoms with Gasteiger partial charge in [-0.2, -0.15) is 8.75 Å². The predicted molar refractivity (Wildman–Crippen MR) is 57.2 cm³/mol. The van der Waals surface area contributed by atoms with Crippen molar-refractivity contribution >= 4 is 41.6 Å². The lowest BCUT2D eigenvalue weighted by atomic mass is 10.4. The Hall–Kier alpha value is -0.100. The van der Waals surface area contributed by atoms with Crippen molar-refractivity contribution < 1.29 is 0 Å². The fourth-order valence-corrected chi connectivity index (χ4v) is 2.02. The fourth-order valence-electron chi connectivity index (χ4n) is 1.24. The van der Waals surface area contributed by atoms with Crippen LogP contribution in [0.2, 0.25) is 5.15 Å². The number of aromatic nitrogens is 2. The highest BCUT2D eigenvalue weighted by atomic mass is 35.5. The first-order chi connectivity index (χ1) is 5.88. The highest BCUT2D eigenvalue weighted by Gasteiger charge is 2.16. The number of rotatable bonds is 1. The molecule has 0 unspecified atom stereocenters. The molecule has 1 aliphatic heterocycles. The minimum Gasteiger partial charge on any atom is -0.351 e. The van der Waals surface area contributed by atoms with Gasteiger partial charge in [0.2, 0.25) is 0 Å². The quantitative estimate of drug-likeness (QED) is 0.797. The normalized spacial score (nSPS) is 16.8. The third-order valence-electron chi connectivity index (χ3n) is 1.85. The molecule has 0 aliphatic carbocycles. The molecule has 0 bridgehead atoms. The molecule has 4 nitrogen and oxygen atoms in total.